The topological polar surface area (TPSA) is 42.9 Å². The summed E-state index contributed by atoms with van der Waals surface area (Å²) in [4.78, 5) is 4.36. The lowest BCUT2D eigenvalue weighted by molar-refractivity contribution is -0.104. The van der Waals surface area contributed by atoms with E-state index in [1.54, 1.807) is 6.21 Å². The van der Waals surface area contributed by atoms with E-state index in [0.29, 0.717) is 6.61 Å². The molecular formula is C12H14N2O2. The lowest BCUT2D eigenvalue weighted by atomic mass is 10.1. The van der Waals surface area contributed by atoms with Gasteiger partial charge in [0.25, 0.3) is 0 Å². The number of fused-ring (bicyclic) bond motifs is 1. The summed E-state index contributed by atoms with van der Waals surface area (Å²) >= 11 is 0. The first-order valence-corrected chi connectivity index (χ1v) is 5.35. The van der Waals surface area contributed by atoms with Crippen molar-refractivity contribution < 1.29 is 9.47 Å². The molecule has 1 N–H and O–H groups in total. The molecule has 0 aliphatic carbocycles. The van der Waals surface area contributed by atoms with E-state index in [4.69, 9.17) is 9.47 Å². The van der Waals surface area contributed by atoms with E-state index in [1.165, 1.54) is 0 Å². The second kappa shape index (κ2) is 3.06. The maximum Gasteiger partial charge on any atom is 0.309 e. The van der Waals surface area contributed by atoms with Gasteiger partial charge >= 0.3 is 5.91 Å². The van der Waals surface area contributed by atoms with Gasteiger partial charge in [0, 0.05) is 5.54 Å². The average Bonchev–Trinajstić information content (AvgIpc) is 2.54. The summed E-state index contributed by atoms with van der Waals surface area (Å²) in [6.07, 6.45) is 1.68. The molecule has 1 fully saturated rings. The minimum Gasteiger partial charge on any atom is -0.442 e. The quantitative estimate of drug-likeness (QED) is 0.722. The van der Waals surface area contributed by atoms with E-state index in [2.05, 4.69) is 24.2 Å². The fourth-order valence-corrected chi connectivity index (χ4v) is 1.95. The Labute approximate surface area is 94.3 Å². The van der Waals surface area contributed by atoms with Crippen molar-refractivity contribution in [2.24, 2.45) is 4.99 Å². The molecule has 4 heteroatoms. The number of nitrogens with zero attached hydrogens (tertiary/aromatic N) is 1. The van der Waals surface area contributed by atoms with Gasteiger partial charge in [-0.05, 0) is 26.0 Å². The van der Waals surface area contributed by atoms with Crippen LogP contribution in [0.1, 0.15) is 13.8 Å². The second-order valence-electron chi connectivity index (χ2n) is 4.79. The fourth-order valence-electron chi connectivity index (χ4n) is 1.95. The van der Waals surface area contributed by atoms with Crippen molar-refractivity contribution in [2.75, 3.05) is 6.61 Å². The summed E-state index contributed by atoms with van der Waals surface area (Å²) in [7, 11) is 0. The van der Waals surface area contributed by atoms with E-state index >= 15 is 0 Å². The molecule has 1 spiro atoms. The molecular weight excluding hydrogens is 204 g/mol. The molecule has 16 heavy (non-hydrogen) atoms. The standard InChI is InChI=1S/C12H14N2O2/c1-11(2)8-15-12(14-11)7-13-9-5-3-4-6-10(9)16-12/h3-7,14H,8H2,1-2H3/t12-/m0/s1. The van der Waals surface area contributed by atoms with E-state index in [0.717, 1.165) is 11.4 Å². The molecule has 0 aromatic heterocycles. The highest BCUT2D eigenvalue weighted by Gasteiger charge is 2.46. The second-order valence-corrected chi connectivity index (χ2v) is 4.79. The van der Waals surface area contributed by atoms with Gasteiger partial charge in [0.05, 0.1) is 12.8 Å². The molecule has 2 heterocycles. The third-order valence-corrected chi connectivity index (χ3v) is 2.66. The minimum atomic E-state index is -0.891. The Morgan fingerprint density at radius 1 is 1.31 bits per heavy atom. The van der Waals surface area contributed by atoms with Gasteiger partial charge in [-0.15, -0.1) is 0 Å². The normalized spacial score (nSPS) is 30.1. The zero-order valence-corrected chi connectivity index (χ0v) is 9.36. The first kappa shape index (κ1) is 9.81. The molecule has 0 unspecified atom stereocenters. The maximum absolute atomic E-state index is 5.83. The van der Waals surface area contributed by atoms with Crippen molar-refractivity contribution in [1.29, 1.82) is 0 Å². The number of nitrogens with one attached hydrogen (secondary N) is 1. The Hall–Kier alpha value is -1.39. The van der Waals surface area contributed by atoms with Crippen molar-refractivity contribution in [3.63, 3.8) is 0 Å². The van der Waals surface area contributed by atoms with Gasteiger partial charge in [0.15, 0.2) is 5.75 Å². The molecule has 0 bridgehead atoms. The summed E-state index contributed by atoms with van der Waals surface area (Å²) < 4.78 is 11.5. The van der Waals surface area contributed by atoms with E-state index in [9.17, 15) is 0 Å². The summed E-state index contributed by atoms with van der Waals surface area (Å²) in [5.41, 5.74) is 0.737. The molecule has 1 atom stereocenters. The number of benzene rings is 1. The molecule has 4 nitrogen and oxygen atoms in total. The summed E-state index contributed by atoms with van der Waals surface area (Å²) in [6.45, 7) is 4.74. The van der Waals surface area contributed by atoms with Crippen LogP contribution in [0, 0.1) is 0 Å². The minimum absolute atomic E-state index is 0.0989. The SMILES string of the molecule is CC1(C)CO[C@]2(C=Nc3ccccc3O2)N1. The Morgan fingerprint density at radius 2 is 2.12 bits per heavy atom. The predicted molar refractivity (Wildman–Crippen MR) is 61.1 cm³/mol. The van der Waals surface area contributed by atoms with Crippen LogP contribution in [-0.4, -0.2) is 24.3 Å². The molecule has 1 aromatic rings. The third kappa shape index (κ3) is 1.50. The average molecular weight is 218 g/mol. The van der Waals surface area contributed by atoms with Crippen molar-refractivity contribution in [2.45, 2.75) is 25.3 Å². The zero-order valence-electron chi connectivity index (χ0n) is 9.36. The van der Waals surface area contributed by atoms with E-state index in [1.807, 2.05) is 24.3 Å². The molecule has 0 radical (unpaired) electrons. The van der Waals surface area contributed by atoms with Crippen LogP contribution in [0.5, 0.6) is 5.75 Å². The van der Waals surface area contributed by atoms with Crippen molar-refractivity contribution in [3.8, 4) is 5.75 Å². The van der Waals surface area contributed by atoms with Gasteiger partial charge < -0.3 is 9.47 Å². The number of hydrogen-bond acceptors (Lipinski definition) is 4. The monoisotopic (exact) mass is 218 g/mol. The van der Waals surface area contributed by atoms with Crippen LogP contribution in [0.2, 0.25) is 0 Å². The summed E-state index contributed by atoms with van der Waals surface area (Å²) in [6, 6.07) is 7.67. The molecule has 1 saturated heterocycles. The molecule has 3 rings (SSSR count). The van der Waals surface area contributed by atoms with Crippen LogP contribution in [0.3, 0.4) is 0 Å². The Bertz CT molecular complexity index is 456. The molecule has 2 aliphatic heterocycles. The number of hydrogen-bond donors (Lipinski definition) is 1. The molecule has 84 valence electrons. The van der Waals surface area contributed by atoms with E-state index in [-0.39, 0.29) is 5.54 Å². The summed E-state index contributed by atoms with van der Waals surface area (Å²) in [5.74, 6) is -0.145. The maximum atomic E-state index is 5.83. The Balaban J connectivity index is 1.94. The van der Waals surface area contributed by atoms with Gasteiger partial charge in [-0.25, -0.2) is 10.3 Å². The largest absolute Gasteiger partial charge is 0.442 e. The van der Waals surface area contributed by atoms with Crippen LogP contribution in [0.4, 0.5) is 5.69 Å². The van der Waals surface area contributed by atoms with Crippen molar-refractivity contribution in [3.05, 3.63) is 24.3 Å². The van der Waals surface area contributed by atoms with Crippen LogP contribution >= 0.6 is 0 Å². The van der Waals surface area contributed by atoms with Gasteiger partial charge in [-0.2, -0.15) is 0 Å². The number of aliphatic imine (C=N–C) groups is 1. The van der Waals surface area contributed by atoms with Crippen molar-refractivity contribution >= 4 is 11.9 Å². The van der Waals surface area contributed by atoms with Crippen LogP contribution in [0.25, 0.3) is 0 Å². The Morgan fingerprint density at radius 3 is 2.88 bits per heavy atom. The highest BCUT2D eigenvalue weighted by Crippen LogP contribution is 2.36. The number of rotatable bonds is 0. The first-order valence-electron chi connectivity index (χ1n) is 5.35. The van der Waals surface area contributed by atoms with Crippen molar-refractivity contribution in [1.82, 2.24) is 5.32 Å². The van der Waals surface area contributed by atoms with Gasteiger partial charge in [-0.1, -0.05) is 12.1 Å². The number of ether oxygens (including phenoxy) is 2. The van der Waals surface area contributed by atoms with Crippen LogP contribution in [0.15, 0.2) is 29.3 Å². The smallest absolute Gasteiger partial charge is 0.309 e. The number of para-hydroxylation sites is 2. The van der Waals surface area contributed by atoms with E-state index < -0.39 is 5.91 Å². The predicted octanol–water partition coefficient (Wildman–Crippen LogP) is 1.83. The van der Waals surface area contributed by atoms with Gasteiger partial charge in [0.2, 0.25) is 0 Å². The van der Waals surface area contributed by atoms with Gasteiger partial charge in [-0.3, -0.25) is 0 Å². The molecule has 0 amide bonds. The van der Waals surface area contributed by atoms with Crippen LogP contribution in [-0.2, 0) is 4.74 Å². The first-order chi connectivity index (χ1) is 7.59. The summed E-state index contributed by atoms with van der Waals surface area (Å²) in [5, 5.41) is 3.29. The lowest BCUT2D eigenvalue weighted by Gasteiger charge is -2.30. The van der Waals surface area contributed by atoms with Crippen LogP contribution < -0.4 is 10.1 Å². The lowest BCUT2D eigenvalue weighted by Crippen LogP contribution is -2.54. The highest BCUT2D eigenvalue weighted by molar-refractivity contribution is 5.76. The zero-order chi connectivity index (χ0) is 11.2. The molecule has 2 aliphatic rings. The Kier molecular flexibility index (Phi) is 1.87. The highest BCUT2D eigenvalue weighted by atomic mass is 16.7. The van der Waals surface area contributed by atoms with Gasteiger partial charge in [0.1, 0.15) is 5.69 Å². The third-order valence-electron chi connectivity index (χ3n) is 2.66. The molecule has 1 aromatic carbocycles. The molecule has 0 saturated carbocycles. The fraction of sp³-hybridized carbons (Fsp3) is 0.417.